The first-order valence-corrected chi connectivity index (χ1v) is 25.6. The zero-order valence-electron chi connectivity index (χ0n) is 44.7. The second-order valence-corrected chi connectivity index (χ2v) is 18.4. The van der Waals surface area contributed by atoms with Crippen molar-refractivity contribution in [2.24, 2.45) is 0 Å². The summed E-state index contributed by atoms with van der Waals surface area (Å²) in [7, 11) is 0. The van der Waals surface area contributed by atoms with Crippen LogP contribution in [0.25, 0.3) is 33.4 Å². The molecule has 0 aliphatic heterocycles. The van der Waals surface area contributed by atoms with Crippen molar-refractivity contribution in [1.29, 1.82) is 0 Å². The standard InChI is InChI=1S/C72H54N4/c1-7-19-55(20-8-1)58-31-37-64(38-32-58)73(61-25-13-4-14-26-61)67-43-49-70(50-44-67)76(71-51-45-68(46-52-71)74(62-27-15-5-16-28-62)65-39-33-59(34-40-65)56-21-9-2-10-22-56)72-53-47-69(48-54-72)75(63-29-17-6-18-30-63)66-41-35-60(36-42-66)57-23-11-3-12-24-57/h1-54H/i7T,9T,11T. The number of hydrogen-bond acceptors (Lipinski definition) is 4. The Hall–Kier alpha value is -10.2. The van der Waals surface area contributed by atoms with Crippen LogP contribution in [0, 0.1) is 0 Å². The highest BCUT2D eigenvalue weighted by Crippen LogP contribution is 2.44. The van der Waals surface area contributed by atoms with Gasteiger partial charge in [0.05, 0.1) is 4.11 Å². The van der Waals surface area contributed by atoms with Gasteiger partial charge in [0.2, 0.25) is 0 Å². The van der Waals surface area contributed by atoms with Gasteiger partial charge in [0, 0.05) is 68.2 Å². The first-order chi connectivity index (χ1) is 38.9. The Morgan fingerprint density at radius 3 is 0.500 bits per heavy atom. The Morgan fingerprint density at radius 2 is 0.303 bits per heavy atom. The Bertz CT molecular complexity index is 3540. The molecule has 0 aromatic heterocycles. The summed E-state index contributed by atoms with van der Waals surface area (Å²) in [5.74, 6) is 0. The third kappa shape index (κ3) is 10.1. The van der Waals surface area contributed by atoms with E-state index in [4.69, 9.17) is 4.11 Å². The largest absolute Gasteiger partial charge is 0.311 e. The lowest BCUT2D eigenvalue weighted by atomic mass is 10.0. The van der Waals surface area contributed by atoms with Crippen molar-refractivity contribution < 1.29 is 4.11 Å². The van der Waals surface area contributed by atoms with Crippen molar-refractivity contribution in [2.75, 3.05) is 19.6 Å². The summed E-state index contributed by atoms with van der Waals surface area (Å²) in [5.41, 5.74) is 18.4. The molecule has 0 fully saturated rings. The van der Waals surface area contributed by atoms with Gasteiger partial charge in [-0.1, -0.05) is 182 Å². The predicted octanol–water partition coefficient (Wildman–Crippen LogP) is 20.6. The molecule has 0 aliphatic rings. The minimum atomic E-state index is 0.488. The number of hydrogen-bond donors (Lipinski definition) is 0. The van der Waals surface area contributed by atoms with Gasteiger partial charge in [0.15, 0.2) is 0 Å². The number of nitrogens with zero attached hydrogens (tertiary/aromatic N) is 4. The first-order valence-electron chi connectivity index (χ1n) is 27.1. The van der Waals surface area contributed by atoms with Gasteiger partial charge in [-0.2, -0.15) is 0 Å². The van der Waals surface area contributed by atoms with Crippen LogP contribution in [0.1, 0.15) is 4.11 Å². The molecule has 0 amide bonds. The molecule has 12 aromatic rings. The molecule has 0 bridgehead atoms. The van der Waals surface area contributed by atoms with E-state index in [9.17, 15) is 0 Å². The molecule has 12 aromatic carbocycles. The average molecular weight is 981 g/mol. The summed E-state index contributed by atoms with van der Waals surface area (Å²) in [4.78, 5) is 9.13. The first kappa shape index (κ1) is 43.4. The van der Waals surface area contributed by atoms with E-state index in [0.29, 0.717) is 18.1 Å². The Labute approximate surface area is 450 Å². The minimum absolute atomic E-state index is 0.488. The van der Waals surface area contributed by atoms with E-state index in [1.54, 1.807) is 18.2 Å². The zero-order chi connectivity index (χ0) is 53.5. The Morgan fingerprint density at radius 1 is 0.145 bits per heavy atom. The van der Waals surface area contributed by atoms with Crippen molar-refractivity contribution in [3.63, 3.8) is 0 Å². The molecule has 0 atom stereocenters. The van der Waals surface area contributed by atoms with E-state index in [1.807, 2.05) is 72.8 Å². The van der Waals surface area contributed by atoms with Crippen molar-refractivity contribution in [3.05, 3.63) is 328 Å². The summed E-state index contributed by atoms with van der Waals surface area (Å²) < 4.78 is 24.6. The van der Waals surface area contributed by atoms with Gasteiger partial charge in [0.1, 0.15) is 0 Å². The van der Waals surface area contributed by atoms with Gasteiger partial charge in [-0.15, -0.1) is 0 Å². The van der Waals surface area contributed by atoms with Crippen LogP contribution >= 0.6 is 0 Å². The predicted molar refractivity (Wildman–Crippen MR) is 321 cm³/mol. The minimum Gasteiger partial charge on any atom is -0.311 e. The molecule has 4 heteroatoms. The van der Waals surface area contributed by atoms with Crippen molar-refractivity contribution in [3.8, 4) is 33.4 Å². The van der Waals surface area contributed by atoms with Crippen LogP contribution in [0.5, 0.6) is 0 Å². The average Bonchev–Trinajstić information content (AvgIpc) is 3.52. The second kappa shape index (κ2) is 21.9. The summed E-state index contributed by atoms with van der Waals surface area (Å²) in [6.45, 7) is 0. The van der Waals surface area contributed by atoms with Crippen LogP contribution in [0.15, 0.2) is 328 Å². The van der Waals surface area contributed by atoms with Gasteiger partial charge < -0.3 is 19.6 Å². The van der Waals surface area contributed by atoms with Gasteiger partial charge in [0.25, 0.3) is 0 Å². The molecule has 0 saturated carbocycles. The normalized spacial score (nSPS) is 11.4. The van der Waals surface area contributed by atoms with Crippen molar-refractivity contribution in [2.45, 2.75) is 0 Å². The molecular formula is C72H54N4. The van der Waals surface area contributed by atoms with E-state index < -0.39 is 0 Å². The maximum Gasteiger partial charge on any atom is 0.0623 e. The fourth-order valence-electron chi connectivity index (χ4n) is 9.90. The van der Waals surface area contributed by atoms with Crippen LogP contribution in [-0.2, 0) is 0 Å². The third-order valence-corrected chi connectivity index (χ3v) is 13.6. The molecule has 0 aliphatic carbocycles. The van der Waals surface area contributed by atoms with E-state index in [-0.39, 0.29) is 0 Å². The van der Waals surface area contributed by atoms with Crippen molar-refractivity contribution >= 4 is 68.2 Å². The summed E-state index contributed by atoms with van der Waals surface area (Å²) in [6, 6.07) is 108. The van der Waals surface area contributed by atoms with Crippen LogP contribution in [0.3, 0.4) is 0 Å². The molecule has 0 radical (unpaired) electrons. The number of benzene rings is 12. The molecule has 362 valence electrons. The highest BCUT2D eigenvalue weighted by atomic mass is 15.2. The molecule has 0 N–H and O–H groups in total. The third-order valence-electron chi connectivity index (χ3n) is 13.6. The smallest absolute Gasteiger partial charge is 0.0623 e. The van der Waals surface area contributed by atoms with Gasteiger partial charge in [-0.05, 0) is 179 Å². The summed E-state index contributed by atoms with van der Waals surface area (Å²) in [6.07, 6.45) is 0. The lowest BCUT2D eigenvalue weighted by molar-refractivity contribution is 1.24. The summed E-state index contributed by atoms with van der Waals surface area (Å²) >= 11 is 0. The fourth-order valence-corrected chi connectivity index (χ4v) is 9.90. The molecule has 76 heavy (non-hydrogen) atoms. The fraction of sp³-hybridized carbons (Fsp3) is 0. The van der Waals surface area contributed by atoms with Gasteiger partial charge >= 0.3 is 0 Å². The van der Waals surface area contributed by atoms with E-state index in [1.165, 1.54) is 0 Å². The molecule has 4 nitrogen and oxygen atoms in total. The monoisotopic (exact) mass is 980 g/mol. The van der Waals surface area contributed by atoms with Crippen LogP contribution in [0.2, 0.25) is 0 Å². The van der Waals surface area contributed by atoms with Crippen LogP contribution < -0.4 is 19.6 Å². The molecule has 0 unspecified atom stereocenters. The lowest BCUT2D eigenvalue weighted by Crippen LogP contribution is -2.14. The zero-order valence-corrected chi connectivity index (χ0v) is 41.7. The number of rotatable bonds is 15. The second-order valence-electron chi connectivity index (χ2n) is 18.4. The van der Waals surface area contributed by atoms with Gasteiger partial charge in [-0.3, -0.25) is 0 Å². The lowest BCUT2D eigenvalue weighted by Gasteiger charge is -2.30. The van der Waals surface area contributed by atoms with Crippen LogP contribution in [0.4, 0.5) is 68.2 Å². The van der Waals surface area contributed by atoms with Crippen LogP contribution in [-0.4, -0.2) is 0 Å². The van der Waals surface area contributed by atoms with E-state index >= 15 is 0 Å². The molecule has 12 rings (SSSR count). The van der Waals surface area contributed by atoms with E-state index in [0.717, 1.165) is 102 Å². The molecule has 0 heterocycles. The number of anilines is 12. The SMILES string of the molecule is [3H]c1cccc(-c2ccc(N(c3ccccc3)c3ccc(N(c4ccc(N(c5ccccc5)c5ccc(-c6cccc([3H])c6)cc5)cc4)c4ccc(N(c5ccccc5)c5ccc(-c6cccc([3H])c6)cc5)cc4)cc3)cc2)c1. The Kier molecular flexibility index (Phi) is 12.5. The molecule has 0 saturated heterocycles. The number of para-hydroxylation sites is 3. The Balaban J connectivity index is 0.926. The quantitative estimate of drug-likeness (QED) is 0.101. The summed E-state index contributed by atoms with van der Waals surface area (Å²) in [5, 5.41) is 0. The maximum absolute atomic E-state index is 8.20. The molecule has 0 spiro atoms. The van der Waals surface area contributed by atoms with Gasteiger partial charge in [-0.25, -0.2) is 0 Å². The topological polar surface area (TPSA) is 13.0 Å². The maximum atomic E-state index is 8.20. The highest BCUT2D eigenvalue weighted by Gasteiger charge is 2.20. The van der Waals surface area contributed by atoms with Crippen molar-refractivity contribution in [1.82, 2.24) is 0 Å². The van der Waals surface area contributed by atoms with E-state index in [2.05, 4.69) is 238 Å². The molecular weight excluding hydrogens is 921 g/mol. The highest BCUT2D eigenvalue weighted by molar-refractivity contribution is 5.86.